The first-order valence-electron chi connectivity index (χ1n) is 9.28. The molecular formula is C20H32N2O2. The summed E-state index contributed by atoms with van der Waals surface area (Å²) in [6.45, 7) is 6.94. The minimum atomic E-state index is 0.0438. The average molecular weight is 332 g/mol. The van der Waals surface area contributed by atoms with Crippen molar-refractivity contribution in [3.8, 4) is 0 Å². The largest absolute Gasteiger partial charge is 0.396 e. The monoisotopic (exact) mass is 332 g/mol. The molecule has 1 fully saturated rings. The fourth-order valence-corrected chi connectivity index (χ4v) is 3.70. The highest BCUT2D eigenvalue weighted by molar-refractivity contribution is 5.74. The third kappa shape index (κ3) is 5.82. The molecule has 2 unspecified atom stereocenters. The van der Waals surface area contributed by atoms with Crippen LogP contribution in [0.15, 0.2) is 30.3 Å². The molecule has 1 aliphatic heterocycles. The van der Waals surface area contributed by atoms with Gasteiger partial charge in [0.05, 0.1) is 0 Å². The molecule has 0 aromatic heterocycles. The molecule has 1 heterocycles. The van der Waals surface area contributed by atoms with E-state index in [2.05, 4.69) is 31.3 Å². The lowest BCUT2D eigenvalue weighted by Crippen LogP contribution is -2.46. The average Bonchev–Trinajstić information content (AvgIpc) is 2.58. The zero-order valence-electron chi connectivity index (χ0n) is 15.1. The van der Waals surface area contributed by atoms with Crippen molar-refractivity contribution in [2.24, 2.45) is 11.8 Å². The molecule has 1 saturated heterocycles. The third-order valence-corrected chi connectivity index (χ3v) is 4.86. The number of carbonyl (C=O) groups excluding carboxylic acids is 1. The number of piperidine rings is 1. The number of carbonyl (C=O) groups is 1. The van der Waals surface area contributed by atoms with E-state index in [1.807, 2.05) is 23.1 Å². The van der Waals surface area contributed by atoms with Gasteiger partial charge >= 0.3 is 6.03 Å². The van der Waals surface area contributed by atoms with E-state index in [9.17, 15) is 9.90 Å². The van der Waals surface area contributed by atoms with Crippen molar-refractivity contribution < 1.29 is 9.90 Å². The van der Waals surface area contributed by atoms with Gasteiger partial charge < -0.3 is 15.3 Å². The highest BCUT2D eigenvalue weighted by Gasteiger charge is 2.24. The van der Waals surface area contributed by atoms with Gasteiger partial charge in [-0.3, -0.25) is 0 Å². The molecule has 0 spiro atoms. The molecule has 0 radical (unpaired) electrons. The Morgan fingerprint density at radius 3 is 2.75 bits per heavy atom. The van der Waals surface area contributed by atoms with Crippen LogP contribution in [0.1, 0.15) is 51.0 Å². The summed E-state index contributed by atoms with van der Waals surface area (Å²) in [5.74, 6) is 1.48. The van der Waals surface area contributed by atoms with Gasteiger partial charge in [-0.1, -0.05) is 44.2 Å². The number of nitrogens with zero attached hydrogens (tertiary/aromatic N) is 1. The van der Waals surface area contributed by atoms with Crippen LogP contribution in [-0.2, 0) is 0 Å². The van der Waals surface area contributed by atoms with Crippen molar-refractivity contribution in [2.75, 3.05) is 26.2 Å². The summed E-state index contributed by atoms with van der Waals surface area (Å²) in [7, 11) is 0. The zero-order valence-corrected chi connectivity index (χ0v) is 15.1. The van der Waals surface area contributed by atoms with Gasteiger partial charge in [-0.25, -0.2) is 4.79 Å². The molecule has 1 aromatic carbocycles. The molecule has 2 amide bonds. The molecule has 24 heavy (non-hydrogen) atoms. The molecular weight excluding hydrogens is 300 g/mol. The second-order valence-electron chi connectivity index (χ2n) is 7.39. The van der Waals surface area contributed by atoms with E-state index in [4.69, 9.17) is 0 Å². The SMILES string of the molecule is CC(C)CC1CCCN(C(=O)NCC(CCO)c2ccccc2)C1. The summed E-state index contributed by atoms with van der Waals surface area (Å²) in [6.07, 6.45) is 4.20. The Morgan fingerprint density at radius 1 is 1.33 bits per heavy atom. The van der Waals surface area contributed by atoms with Gasteiger partial charge in [0.25, 0.3) is 0 Å². The van der Waals surface area contributed by atoms with E-state index in [0.29, 0.717) is 24.8 Å². The highest BCUT2D eigenvalue weighted by Crippen LogP contribution is 2.23. The topological polar surface area (TPSA) is 52.6 Å². The van der Waals surface area contributed by atoms with Crippen LogP contribution < -0.4 is 5.32 Å². The Labute approximate surface area is 146 Å². The first-order chi connectivity index (χ1) is 11.6. The first-order valence-corrected chi connectivity index (χ1v) is 9.28. The van der Waals surface area contributed by atoms with Gasteiger partial charge in [-0.05, 0) is 43.1 Å². The van der Waals surface area contributed by atoms with Crippen molar-refractivity contribution >= 4 is 6.03 Å². The number of hydrogen-bond donors (Lipinski definition) is 2. The lowest BCUT2D eigenvalue weighted by Gasteiger charge is -2.34. The maximum absolute atomic E-state index is 12.5. The summed E-state index contributed by atoms with van der Waals surface area (Å²) >= 11 is 0. The number of nitrogens with one attached hydrogen (secondary N) is 1. The Bertz CT molecular complexity index is 490. The summed E-state index contributed by atoms with van der Waals surface area (Å²) < 4.78 is 0. The van der Waals surface area contributed by atoms with E-state index < -0.39 is 0 Å². The second-order valence-corrected chi connectivity index (χ2v) is 7.39. The fraction of sp³-hybridized carbons (Fsp3) is 0.650. The summed E-state index contributed by atoms with van der Waals surface area (Å²) in [4.78, 5) is 14.5. The van der Waals surface area contributed by atoms with Crippen LogP contribution >= 0.6 is 0 Å². The zero-order chi connectivity index (χ0) is 17.4. The molecule has 0 bridgehead atoms. The summed E-state index contributed by atoms with van der Waals surface area (Å²) in [5, 5.41) is 12.4. The molecule has 4 heteroatoms. The van der Waals surface area contributed by atoms with Gasteiger partial charge in [-0.15, -0.1) is 0 Å². The Balaban J connectivity index is 1.86. The first kappa shape index (κ1) is 18.8. The number of hydrogen-bond acceptors (Lipinski definition) is 2. The van der Waals surface area contributed by atoms with E-state index >= 15 is 0 Å². The maximum atomic E-state index is 12.5. The van der Waals surface area contributed by atoms with Crippen molar-refractivity contribution in [1.82, 2.24) is 10.2 Å². The number of aliphatic hydroxyl groups excluding tert-OH is 1. The smallest absolute Gasteiger partial charge is 0.317 e. The van der Waals surface area contributed by atoms with Crippen LogP contribution in [0.5, 0.6) is 0 Å². The molecule has 4 nitrogen and oxygen atoms in total. The van der Waals surface area contributed by atoms with E-state index in [0.717, 1.165) is 19.5 Å². The van der Waals surface area contributed by atoms with Crippen LogP contribution in [0.2, 0.25) is 0 Å². The lowest BCUT2D eigenvalue weighted by atomic mass is 9.90. The molecule has 1 aliphatic rings. The summed E-state index contributed by atoms with van der Waals surface area (Å²) in [6, 6.07) is 10.2. The Kier molecular flexibility index (Phi) is 7.57. The van der Waals surface area contributed by atoms with Crippen LogP contribution in [0, 0.1) is 11.8 Å². The van der Waals surface area contributed by atoms with Crippen molar-refractivity contribution in [1.29, 1.82) is 0 Å². The van der Waals surface area contributed by atoms with Crippen molar-refractivity contribution in [3.05, 3.63) is 35.9 Å². The normalized spacial score (nSPS) is 19.3. The molecule has 2 atom stereocenters. The van der Waals surface area contributed by atoms with Crippen molar-refractivity contribution in [3.63, 3.8) is 0 Å². The van der Waals surface area contributed by atoms with Crippen LogP contribution in [0.3, 0.4) is 0 Å². The van der Waals surface area contributed by atoms with Gasteiger partial charge in [-0.2, -0.15) is 0 Å². The summed E-state index contributed by atoms with van der Waals surface area (Å²) in [5.41, 5.74) is 1.17. The second kappa shape index (κ2) is 9.67. The minimum absolute atomic E-state index is 0.0438. The molecule has 2 N–H and O–H groups in total. The van der Waals surface area contributed by atoms with Crippen molar-refractivity contribution in [2.45, 2.75) is 45.4 Å². The Morgan fingerprint density at radius 2 is 2.08 bits per heavy atom. The van der Waals surface area contributed by atoms with Gasteiger partial charge in [0.2, 0.25) is 0 Å². The van der Waals surface area contributed by atoms with Crippen LogP contribution in [0.4, 0.5) is 4.79 Å². The predicted molar refractivity (Wildman–Crippen MR) is 98.0 cm³/mol. The molecule has 134 valence electrons. The number of aliphatic hydroxyl groups is 1. The van der Waals surface area contributed by atoms with Crippen LogP contribution in [0.25, 0.3) is 0 Å². The van der Waals surface area contributed by atoms with Crippen LogP contribution in [-0.4, -0.2) is 42.3 Å². The highest BCUT2D eigenvalue weighted by atomic mass is 16.3. The third-order valence-electron chi connectivity index (χ3n) is 4.86. The number of amides is 2. The fourth-order valence-electron chi connectivity index (χ4n) is 3.70. The van der Waals surface area contributed by atoms with Gasteiger partial charge in [0.1, 0.15) is 0 Å². The van der Waals surface area contributed by atoms with E-state index in [-0.39, 0.29) is 18.6 Å². The number of rotatable bonds is 7. The maximum Gasteiger partial charge on any atom is 0.317 e. The lowest BCUT2D eigenvalue weighted by molar-refractivity contribution is 0.156. The number of likely N-dealkylation sites (tertiary alicyclic amines) is 1. The predicted octanol–water partition coefficient (Wildman–Crippen LogP) is 3.62. The minimum Gasteiger partial charge on any atom is -0.396 e. The number of benzene rings is 1. The molecule has 1 aromatic rings. The molecule has 2 rings (SSSR count). The number of urea groups is 1. The Hall–Kier alpha value is -1.55. The molecule has 0 saturated carbocycles. The molecule has 0 aliphatic carbocycles. The standard InChI is InChI=1S/C20H32N2O2/c1-16(2)13-17-7-6-11-22(15-17)20(24)21-14-19(10-12-23)18-8-4-3-5-9-18/h3-5,8-9,16-17,19,23H,6-7,10-15H2,1-2H3,(H,21,24). The quantitative estimate of drug-likeness (QED) is 0.801. The van der Waals surface area contributed by atoms with Gasteiger partial charge in [0.15, 0.2) is 0 Å². The van der Waals surface area contributed by atoms with E-state index in [1.165, 1.54) is 18.4 Å². The van der Waals surface area contributed by atoms with Gasteiger partial charge in [0, 0.05) is 32.2 Å². The van der Waals surface area contributed by atoms with E-state index in [1.54, 1.807) is 0 Å².